The Labute approximate surface area is 245 Å². The first-order valence-electron chi connectivity index (χ1n) is 14.8. The van der Waals surface area contributed by atoms with Crippen molar-refractivity contribution in [3.8, 4) is 0 Å². The molecule has 1 saturated heterocycles. The van der Waals surface area contributed by atoms with Gasteiger partial charge >= 0.3 is 0 Å². The molecule has 1 aliphatic carbocycles. The van der Waals surface area contributed by atoms with Gasteiger partial charge in [0, 0.05) is 19.0 Å². The van der Waals surface area contributed by atoms with Gasteiger partial charge in [-0.2, -0.15) is 0 Å². The first-order chi connectivity index (χ1) is 19.8. The van der Waals surface area contributed by atoms with E-state index in [9.17, 15) is 15.3 Å². The monoisotopic (exact) mass is 578 g/mol. The first-order valence-corrected chi connectivity index (χ1v) is 14.8. The van der Waals surface area contributed by atoms with Crippen molar-refractivity contribution < 1.29 is 20.1 Å². The number of ether oxygens (including phenoxy) is 1. The predicted octanol–water partition coefficient (Wildman–Crippen LogP) is 2.64. The number of hydrogen-bond donors (Lipinski definition) is 5. The van der Waals surface area contributed by atoms with Gasteiger partial charge in [0.25, 0.3) is 0 Å². The van der Waals surface area contributed by atoms with E-state index in [2.05, 4.69) is 58.9 Å². The molecule has 42 heavy (non-hydrogen) atoms. The van der Waals surface area contributed by atoms with E-state index in [0.29, 0.717) is 29.9 Å². The van der Waals surface area contributed by atoms with Crippen LogP contribution in [0, 0.1) is 5.92 Å². The van der Waals surface area contributed by atoms with Gasteiger partial charge in [-0.05, 0) is 62.1 Å². The minimum absolute atomic E-state index is 0.00283. The van der Waals surface area contributed by atoms with Crippen molar-refractivity contribution in [3.63, 3.8) is 0 Å². The van der Waals surface area contributed by atoms with Gasteiger partial charge in [0.15, 0.2) is 17.7 Å². The molecule has 3 aromatic heterocycles. The number of aromatic amines is 1. The number of anilines is 1. The van der Waals surface area contributed by atoms with E-state index in [-0.39, 0.29) is 23.8 Å². The van der Waals surface area contributed by atoms with Gasteiger partial charge in [-0.15, -0.1) is 0 Å². The molecule has 1 saturated carbocycles. The summed E-state index contributed by atoms with van der Waals surface area (Å²) in [6.07, 6.45) is 1.80. The predicted molar refractivity (Wildman–Crippen MR) is 158 cm³/mol. The van der Waals surface area contributed by atoms with Gasteiger partial charge in [0.2, 0.25) is 0 Å². The van der Waals surface area contributed by atoms with E-state index in [1.54, 1.807) is 4.57 Å². The van der Waals surface area contributed by atoms with Crippen molar-refractivity contribution in [3.05, 3.63) is 42.2 Å². The van der Waals surface area contributed by atoms with Gasteiger partial charge < -0.3 is 30.8 Å². The summed E-state index contributed by atoms with van der Waals surface area (Å²) in [6, 6.07) is 6.41. The molecule has 0 radical (unpaired) electrons. The van der Waals surface area contributed by atoms with Crippen molar-refractivity contribution >= 4 is 28.0 Å². The lowest BCUT2D eigenvalue weighted by atomic mass is 9.72. The standard InChI is InChI=1S/C30H42N8O4/c1-16(2)38(13-21-24(39)25(40)28(42-21)37-15-34-23-26(31)32-14-33-27(23)37)30(41)11-17(12-30)6-9-22-35-19-8-7-18(29(3,4)5)10-20(19)36-22/h7-8,10,14-17,21,24-25,28,39-41H,6,9,11-13H2,1-5H3,(H,35,36)(H2,31,32,33). The summed E-state index contributed by atoms with van der Waals surface area (Å²) >= 11 is 0. The fourth-order valence-corrected chi connectivity index (χ4v) is 6.51. The minimum atomic E-state index is -1.20. The van der Waals surface area contributed by atoms with Crippen LogP contribution in [0.4, 0.5) is 5.82 Å². The van der Waals surface area contributed by atoms with E-state index >= 15 is 0 Å². The number of rotatable bonds is 8. The fourth-order valence-electron chi connectivity index (χ4n) is 6.51. The molecule has 6 rings (SSSR count). The second-order valence-electron chi connectivity index (χ2n) is 13.3. The number of H-pyrrole nitrogens is 1. The molecule has 4 atom stereocenters. The molecule has 4 unspecified atom stereocenters. The number of aliphatic hydroxyl groups is 3. The van der Waals surface area contributed by atoms with Crippen molar-refractivity contribution in [2.45, 2.75) is 102 Å². The van der Waals surface area contributed by atoms with Crippen LogP contribution in [0.1, 0.15) is 71.5 Å². The largest absolute Gasteiger partial charge is 0.387 e. The second-order valence-corrected chi connectivity index (χ2v) is 13.3. The van der Waals surface area contributed by atoms with E-state index < -0.39 is 30.3 Å². The van der Waals surface area contributed by atoms with Gasteiger partial charge in [0.1, 0.15) is 41.7 Å². The highest BCUT2D eigenvalue weighted by Crippen LogP contribution is 2.44. The van der Waals surface area contributed by atoms with Crippen LogP contribution >= 0.6 is 0 Å². The number of aliphatic hydroxyl groups excluding tert-OH is 2. The summed E-state index contributed by atoms with van der Waals surface area (Å²) in [5.41, 5.74) is 9.11. The Morgan fingerprint density at radius 1 is 1.17 bits per heavy atom. The molecule has 2 fully saturated rings. The van der Waals surface area contributed by atoms with Crippen LogP contribution in [0.2, 0.25) is 0 Å². The Balaban J connectivity index is 1.09. The number of aromatic nitrogens is 6. The third-order valence-corrected chi connectivity index (χ3v) is 8.95. The van der Waals surface area contributed by atoms with E-state index in [1.807, 2.05) is 18.7 Å². The summed E-state index contributed by atoms with van der Waals surface area (Å²) in [7, 11) is 0. The van der Waals surface area contributed by atoms with E-state index in [1.165, 1.54) is 18.2 Å². The van der Waals surface area contributed by atoms with Crippen LogP contribution in [0.15, 0.2) is 30.9 Å². The maximum atomic E-state index is 11.6. The Morgan fingerprint density at radius 2 is 1.93 bits per heavy atom. The van der Waals surface area contributed by atoms with Gasteiger partial charge in [-0.3, -0.25) is 9.47 Å². The van der Waals surface area contributed by atoms with Crippen molar-refractivity contribution in [2.24, 2.45) is 5.92 Å². The molecule has 226 valence electrons. The molecule has 12 heteroatoms. The molecule has 6 N–H and O–H groups in total. The highest BCUT2D eigenvalue weighted by molar-refractivity contribution is 5.81. The average molecular weight is 579 g/mol. The van der Waals surface area contributed by atoms with Crippen LogP contribution in [0.25, 0.3) is 22.2 Å². The molecule has 0 bridgehead atoms. The average Bonchev–Trinajstić information content (AvgIpc) is 3.60. The van der Waals surface area contributed by atoms with Crippen molar-refractivity contribution in [1.29, 1.82) is 0 Å². The van der Waals surface area contributed by atoms with Gasteiger partial charge in [-0.25, -0.2) is 19.9 Å². The molecule has 12 nitrogen and oxygen atoms in total. The van der Waals surface area contributed by atoms with Crippen molar-refractivity contribution in [2.75, 3.05) is 12.3 Å². The molecular formula is C30H42N8O4. The SMILES string of the molecule is CC(C)N(CC1OC(n2cnc3c(N)ncnc32)C(O)C1O)C1(O)CC(CCc2nc3ccc(C(C)(C)C)cc3[nH]2)C1. The number of fused-ring (bicyclic) bond motifs is 2. The Morgan fingerprint density at radius 3 is 2.64 bits per heavy atom. The van der Waals surface area contributed by atoms with Gasteiger partial charge in [0.05, 0.1) is 17.4 Å². The zero-order chi connectivity index (χ0) is 30.0. The lowest BCUT2D eigenvalue weighted by Crippen LogP contribution is -2.62. The summed E-state index contributed by atoms with van der Waals surface area (Å²) in [5, 5.41) is 33.5. The number of imidazole rings is 2. The molecule has 1 aliphatic heterocycles. The molecule has 4 heterocycles. The third kappa shape index (κ3) is 5.15. The molecule has 1 aromatic carbocycles. The topological polar surface area (TPSA) is 171 Å². The number of nitrogens with two attached hydrogens (primary N) is 1. The van der Waals surface area contributed by atoms with Crippen LogP contribution in [0.5, 0.6) is 0 Å². The Hall–Kier alpha value is -3.16. The number of nitrogens with one attached hydrogen (secondary N) is 1. The Kier molecular flexibility index (Phi) is 7.25. The second kappa shape index (κ2) is 10.5. The highest BCUT2D eigenvalue weighted by atomic mass is 16.6. The molecular weight excluding hydrogens is 536 g/mol. The smallest absolute Gasteiger partial charge is 0.167 e. The van der Waals surface area contributed by atoms with Crippen LogP contribution < -0.4 is 5.73 Å². The summed E-state index contributed by atoms with van der Waals surface area (Å²) in [4.78, 5) is 22.7. The summed E-state index contributed by atoms with van der Waals surface area (Å²) in [6.45, 7) is 10.9. The lowest BCUT2D eigenvalue weighted by Gasteiger charge is -2.53. The number of nitrogens with zero attached hydrogens (tertiary/aromatic N) is 6. The lowest BCUT2D eigenvalue weighted by molar-refractivity contribution is -0.212. The van der Waals surface area contributed by atoms with Crippen LogP contribution in [-0.4, -0.2) is 86.3 Å². The summed E-state index contributed by atoms with van der Waals surface area (Å²) < 4.78 is 7.74. The third-order valence-electron chi connectivity index (χ3n) is 8.95. The normalized spacial score (nSPS) is 28.4. The molecule has 0 amide bonds. The minimum Gasteiger partial charge on any atom is -0.387 e. The van der Waals surface area contributed by atoms with Crippen molar-refractivity contribution in [1.82, 2.24) is 34.4 Å². The number of aryl methyl sites for hydroxylation is 1. The van der Waals surface area contributed by atoms with Crippen LogP contribution in [0.3, 0.4) is 0 Å². The zero-order valence-electron chi connectivity index (χ0n) is 24.9. The first kappa shape index (κ1) is 28.9. The Bertz CT molecular complexity index is 1570. The maximum absolute atomic E-state index is 11.6. The molecule has 4 aromatic rings. The number of nitrogen functional groups attached to an aromatic ring is 1. The highest BCUT2D eigenvalue weighted by Gasteiger charge is 2.51. The zero-order valence-corrected chi connectivity index (χ0v) is 24.9. The molecule has 0 spiro atoms. The number of hydrogen-bond acceptors (Lipinski definition) is 10. The summed E-state index contributed by atoms with van der Waals surface area (Å²) in [5.74, 6) is 1.55. The fraction of sp³-hybridized carbons (Fsp3) is 0.600. The maximum Gasteiger partial charge on any atom is 0.167 e. The quantitative estimate of drug-likeness (QED) is 0.196. The number of benzene rings is 1. The van der Waals surface area contributed by atoms with E-state index in [4.69, 9.17) is 15.5 Å². The van der Waals surface area contributed by atoms with Gasteiger partial charge in [-0.1, -0.05) is 26.8 Å². The molecule has 2 aliphatic rings. The van der Waals surface area contributed by atoms with Crippen LogP contribution in [-0.2, 0) is 16.6 Å². The van der Waals surface area contributed by atoms with E-state index in [0.717, 1.165) is 29.7 Å².